The number of nitrogens with zero attached hydrogens (tertiary/aromatic N) is 2. The van der Waals surface area contributed by atoms with Crippen LogP contribution in [0, 0.1) is 19.3 Å². The van der Waals surface area contributed by atoms with E-state index in [4.69, 9.17) is 16.1 Å². The van der Waals surface area contributed by atoms with Crippen molar-refractivity contribution in [2.75, 3.05) is 14.2 Å². The van der Waals surface area contributed by atoms with E-state index in [1.807, 2.05) is 25.1 Å². The summed E-state index contributed by atoms with van der Waals surface area (Å²) in [4.78, 5) is 9.61. The Bertz CT molecular complexity index is 525. The summed E-state index contributed by atoms with van der Waals surface area (Å²) < 4.78 is 0. The summed E-state index contributed by atoms with van der Waals surface area (Å²) >= 11 is 0. The first-order chi connectivity index (χ1) is 8.63. The zero-order chi connectivity index (χ0) is 13.5. The number of aryl methyl sites for hydroxylation is 1. The van der Waals surface area contributed by atoms with Crippen LogP contribution in [-0.2, 0) is 9.68 Å². The van der Waals surface area contributed by atoms with Crippen molar-refractivity contribution in [3.05, 3.63) is 34.9 Å². The molecule has 94 valence electrons. The molecule has 1 aromatic carbocycles. The quantitative estimate of drug-likeness (QED) is 0.463. The van der Waals surface area contributed by atoms with Gasteiger partial charge in [-0.15, -0.1) is 6.42 Å². The van der Waals surface area contributed by atoms with Crippen LogP contribution in [0.15, 0.2) is 28.5 Å². The first-order valence-electron chi connectivity index (χ1n) is 5.41. The first-order valence-corrected chi connectivity index (χ1v) is 5.41. The fourth-order valence-corrected chi connectivity index (χ4v) is 1.60. The standard InChI is InChI=1S/C14H16N2O2/c1-6-12-7-8-13(10(2)9-12)14(16-18-5)11(3)15-17-4/h1,7-9H,2-5H3/b15-11+,16-14+. The second-order valence-corrected chi connectivity index (χ2v) is 3.66. The highest BCUT2D eigenvalue weighted by Gasteiger charge is 2.12. The van der Waals surface area contributed by atoms with E-state index in [9.17, 15) is 0 Å². The number of hydrogen-bond acceptors (Lipinski definition) is 4. The van der Waals surface area contributed by atoms with Crippen LogP contribution in [-0.4, -0.2) is 25.6 Å². The van der Waals surface area contributed by atoms with Crippen LogP contribution in [0.5, 0.6) is 0 Å². The largest absolute Gasteiger partial charge is 0.399 e. The van der Waals surface area contributed by atoms with E-state index in [2.05, 4.69) is 16.2 Å². The minimum absolute atomic E-state index is 0.625. The molecule has 1 aromatic rings. The third-order valence-electron chi connectivity index (χ3n) is 2.40. The predicted octanol–water partition coefficient (Wildman–Crippen LogP) is 2.35. The molecule has 0 aliphatic heterocycles. The maximum Gasteiger partial charge on any atom is 0.134 e. The molecule has 4 heteroatoms. The highest BCUT2D eigenvalue weighted by molar-refractivity contribution is 6.47. The molecule has 0 saturated heterocycles. The lowest BCUT2D eigenvalue weighted by molar-refractivity contribution is 0.210. The van der Waals surface area contributed by atoms with Gasteiger partial charge in [-0.3, -0.25) is 0 Å². The van der Waals surface area contributed by atoms with Gasteiger partial charge in [0.05, 0.1) is 0 Å². The lowest BCUT2D eigenvalue weighted by Gasteiger charge is -2.08. The van der Waals surface area contributed by atoms with Crippen molar-refractivity contribution in [1.82, 2.24) is 0 Å². The average molecular weight is 244 g/mol. The SMILES string of the molecule is C#Cc1ccc(C(=N/OC)/C(C)=N/OC)c(C)c1. The summed E-state index contributed by atoms with van der Waals surface area (Å²) in [6, 6.07) is 5.67. The number of terminal acetylenes is 1. The van der Waals surface area contributed by atoms with Gasteiger partial charge in [-0.1, -0.05) is 22.3 Å². The molecule has 0 unspecified atom stereocenters. The molecular formula is C14H16N2O2. The summed E-state index contributed by atoms with van der Waals surface area (Å²) in [5.74, 6) is 2.59. The van der Waals surface area contributed by atoms with Gasteiger partial charge in [-0.2, -0.15) is 0 Å². The zero-order valence-electron chi connectivity index (χ0n) is 11.0. The van der Waals surface area contributed by atoms with E-state index in [1.54, 1.807) is 6.92 Å². The van der Waals surface area contributed by atoms with E-state index >= 15 is 0 Å². The zero-order valence-corrected chi connectivity index (χ0v) is 11.0. The fourth-order valence-electron chi connectivity index (χ4n) is 1.60. The molecule has 0 aliphatic carbocycles. The molecule has 0 aromatic heterocycles. The van der Waals surface area contributed by atoms with E-state index in [0.717, 1.165) is 16.7 Å². The summed E-state index contributed by atoms with van der Waals surface area (Å²) in [7, 11) is 2.98. The van der Waals surface area contributed by atoms with Gasteiger partial charge in [0.1, 0.15) is 25.6 Å². The molecule has 0 spiro atoms. The minimum Gasteiger partial charge on any atom is -0.399 e. The molecule has 0 saturated carbocycles. The van der Waals surface area contributed by atoms with Gasteiger partial charge in [0.15, 0.2) is 0 Å². The Labute approximate surface area is 107 Å². The third-order valence-corrected chi connectivity index (χ3v) is 2.40. The van der Waals surface area contributed by atoms with E-state index in [-0.39, 0.29) is 0 Å². The molecule has 0 aliphatic rings. The number of benzene rings is 1. The summed E-state index contributed by atoms with van der Waals surface area (Å²) in [5.41, 5.74) is 4.01. The Morgan fingerprint density at radius 1 is 1.22 bits per heavy atom. The van der Waals surface area contributed by atoms with E-state index in [0.29, 0.717) is 11.4 Å². The second kappa shape index (κ2) is 6.45. The van der Waals surface area contributed by atoms with Crippen LogP contribution < -0.4 is 0 Å². The highest BCUT2D eigenvalue weighted by Crippen LogP contribution is 2.13. The third kappa shape index (κ3) is 3.11. The minimum atomic E-state index is 0.625. The van der Waals surface area contributed by atoms with Crippen molar-refractivity contribution in [2.45, 2.75) is 13.8 Å². The molecule has 0 N–H and O–H groups in total. The molecular weight excluding hydrogens is 228 g/mol. The van der Waals surface area contributed by atoms with Crippen molar-refractivity contribution in [3.8, 4) is 12.3 Å². The summed E-state index contributed by atoms with van der Waals surface area (Å²) in [5, 5.41) is 7.85. The molecule has 0 bridgehead atoms. The van der Waals surface area contributed by atoms with E-state index in [1.165, 1.54) is 14.2 Å². The van der Waals surface area contributed by atoms with Gasteiger partial charge in [0, 0.05) is 11.1 Å². The topological polar surface area (TPSA) is 43.2 Å². The molecule has 0 amide bonds. The van der Waals surface area contributed by atoms with Crippen molar-refractivity contribution in [2.24, 2.45) is 10.3 Å². The van der Waals surface area contributed by atoms with Gasteiger partial charge < -0.3 is 9.68 Å². The highest BCUT2D eigenvalue weighted by atomic mass is 16.6. The smallest absolute Gasteiger partial charge is 0.134 e. The Morgan fingerprint density at radius 2 is 1.89 bits per heavy atom. The second-order valence-electron chi connectivity index (χ2n) is 3.66. The summed E-state index contributed by atoms with van der Waals surface area (Å²) in [6.45, 7) is 3.76. The first kappa shape index (κ1) is 13.8. The molecule has 1 rings (SSSR count). The Hall–Kier alpha value is -2.28. The van der Waals surface area contributed by atoms with Gasteiger partial charge >= 0.3 is 0 Å². The van der Waals surface area contributed by atoms with Gasteiger partial charge in [-0.25, -0.2) is 0 Å². The number of oxime groups is 2. The van der Waals surface area contributed by atoms with Gasteiger partial charge in [0.2, 0.25) is 0 Å². The van der Waals surface area contributed by atoms with Crippen molar-refractivity contribution in [1.29, 1.82) is 0 Å². The number of hydrogen-bond donors (Lipinski definition) is 0. The monoisotopic (exact) mass is 244 g/mol. The van der Waals surface area contributed by atoms with Crippen molar-refractivity contribution < 1.29 is 9.68 Å². The molecule has 0 radical (unpaired) electrons. The van der Waals surface area contributed by atoms with Gasteiger partial charge in [0.25, 0.3) is 0 Å². The van der Waals surface area contributed by atoms with Crippen molar-refractivity contribution >= 4 is 11.4 Å². The predicted molar refractivity (Wildman–Crippen MR) is 72.8 cm³/mol. The van der Waals surface area contributed by atoms with Gasteiger partial charge in [-0.05, 0) is 31.5 Å². The van der Waals surface area contributed by atoms with Crippen LogP contribution in [0.2, 0.25) is 0 Å². The summed E-state index contributed by atoms with van der Waals surface area (Å²) in [6.07, 6.45) is 5.36. The normalized spacial score (nSPS) is 11.9. The number of rotatable bonds is 4. The Balaban J connectivity index is 3.28. The Morgan fingerprint density at radius 3 is 2.39 bits per heavy atom. The fraction of sp³-hybridized carbons (Fsp3) is 0.286. The Kier molecular flexibility index (Phi) is 4.94. The molecule has 0 fully saturated rings. The molecule has 0 atom stereocenters. The maximum atomic E-state index is 5.36. The van der Waals surface area contributed by atoms with Crippen LogP contribution in [0.25, 0.3) is 0 Å². The maximum absolute atomic E-state index is 5.36. The van der Waals surface area contributed by atoms with Crippen LogP contribution in [0.1, 0.15) is 23.6 Å². The lowest BCUT2D eigenvalue weighted by Crippen LogP contribution is -2.14. The van der Waals surface area contributed by atoms with Crippen LogP contribution >= 0.6 is 0 Å². The average Bonchev–Trinajstić information content (AvgIpc) is 2.36. The van der Waals surface area contributed by atoms with Crippen molar-refractivity contribution in [3.63, 3.8) is 0 Å². The molecule has 18 heavy (non-hydrogen) atoms. The van der Waals surface area contributed by atoms with Crippen LogP contribution in [0.3, 0.4) is 0 Å². The lowest BCUT2D eigenvalue weighted by atomic mass is 9.99. The molecule has 4 nitrogen and oxygen atoms in total. The van der Waals surface area contributed by atoms with Crippen LogP contribution in [0.4, 0.5) is 0 Å². The molecule has 0 heterocycles. The van der Waals surface area contributed by atoms with E-state index < -0.39 is 0 Å².